The average molecular weight is 525 g/mol. The zero-order valence-corrected chi connectivity index (χ0v) is 22.0. The maximum atomic E-state index is 14.8. The summed E-state index contributed by atoms with van der Waals surface area (Å²) >= 11 is 0. The van der Waals surface area contributed by atoms with Gasteiger partial charge in [-0.3, -0.25) is 9.78 Å². The number of amides is 1. The number of aromatic nitrogens is 4. The van der Waals surface area contributed by atoms with Gasteiger partial charge in [-0.25, -0.2) is 19.3 Å². The number of fused-ring (bicyclic) bond motifs is 5. The quantitative estimate of drug-likeness (QED) is 0.476. The van der Waals surface area contributed by atoms with Gasteiger partial charge in [0.15, 0.2) is 18.2 Å². The number of aryl methyl sites for hydroxylation is 1. The van der Waals surface area contributed by atoms with Crippen molar-refractivity contribution < 1.29 is 23.4 Å². The SMILES string of the molecule is CC.COc1ccc2ncc(F)c(CCC34CCC(NCc5ncc6c(n5)NC(=O)CO6)(CC3)CO4)c2n1. The summed E-state index contributed by atoms with van der Waals surface area (Å²) in [5, 5.41) is 6.31. The first-order valence-corrected chi connectivity index (χ1v) is 13.1. The molecule has 10 nitrogen and oxygen atoms in total. The normalized spacial score (nSPS) is 23.6. The van der Waals surface area contributed by atoms with E-state index >= 15 is 0 Å². The zero-order chi connectivity index (χ0) is 26.8. The number of nitrogens with zero attached hydrogens (tertiary/aromatic N) is 4. The molecule has 0 radical (unpaired) electrons. The number of hydrogen-bond acceptors (Lipinski definition) is 9. The van der Waals surface area contributed by atoms with Gasteiger partial charge < -0.3 is 24.8 Å². The lowest BCUT2D eigenvalue weighted by atomic mass is 9.69. The number of carbonyl (C=O) groups excluding carboxylic acids is 1. The second kappa shape index (κ2) is 10.7. The Morgan fingerprint density at radius 1 is 1.13 bits per heavy atom. The van der Waals surface area contributed by atoms with E-state index in [-0.39, 0.29) is 29.5 Å². The number of pyridine rings is 2. The van der Waals surface area contributed by atoms with Gasteiger partial charge in [-0.1, -0.05) is 13.8 Å². The van der Waals surface area contributed by atoms with E-state index in [0.29, 0.717) is 65.9 Å². The smallest absolute Gasteiger partial charge is 0.263 e. The molecule has 4 aliphatic rings. The van der Waals surface area contributed by atoms with Crippen LogP contribution in [-0.4, -0.2) is 57.3 Å². The summed E-state index contributed by atoms with van der Waals surface area (Å²) in [4.78, 5) is 29.0. The Bertz CT molecular complexity index is 1310. The summed E-state index contributed by atoms with van der Waals surface area (Å²) < 4.78 is 31.7. The first-order chi connectivity index (χ1) is 18.5. The van der Waals surface area contributed by atoms with Crippen LogP contribution >= 0.6 is 0 Å². The summed E-state index contributed by atoms with van der Waals surface area (Å²) in [6.45, 7) is 5.01. The first kappa shape index (κ1) is 26.2. The lowest BCUT2D eigenvalue weighted by Gasteiger charge is -2.53. The molecule has 202 valence electrons. The Kier molecular flexibility index (Phi) is 7.40. The standard InChI is InChI=1S/C25H27FN6O4.C2H6/c1-34-21-3-2-17-22(32-21)15(16(26)10-27-17)4-5-25-8-6-24(7-9-25,14-36-25)29-12-19-28-11-18-23(30-19)31-20(33)13-35-18;1-2/h2-3,10-11,29H,4-9,12-14H2,1H3,(H,28,30,31,33);1-2H3. The Morgan fingerprint density at radius 2 is 1.95 bits per heavy atom. The minimum Gasteiger partial charge on any atom is -0.481 e. The van der Waals surface area contributed by atoms with Gasteiger partial charge in [0.05, 0.1) is 49.3 Å². The minimum absolute atomic E-state index is 0.0229. The van der Waals surface area contributed by atoms with E-state index in [4.69, 9.17) is 14.2 Å². The molecule has 2 bridgehead atoms. The van der Waals surface area contributed by atoms with Crippen LogP contribution in [0, 0.1) is 5.82 Å². The molecule has 3 aliphatic heterocycles. The molecule has 3 aromatic heterocycles. The Hall–Kier alpha value is -3.44. The number of anilines is 1. The third-order valence-corrected chi connectivity index (χ3v) is 7.60. The third kappa shape index (κ3) is 5.12. The number of carbonyl (C=O) groups is 1. The van der Waals surface area contributed by atoms with Crippen LogP contribution in [0.25, 0.3) is 11.0 Å². The van der Waals surface area contributed by atoms with Gasteiger partial charge in [-0.05, 0) is 44.6 Å². The molecule has 2 saturated heterocycles. The molecule has 1 saturated carbocycles. The van der Waals surface area contributed by atoms with Crippen molar-refractivity contribution in [3.05, 3.63) is 41.7 Å². The minimum atomic E-state index is -0.353. The van der Waals surface area contributed by atoms with Crippen molar-refractivity contribution in [2.45, 2.75) is 70.1 Å². The van der Waals surface area contributed by atoms with Crippen molar-refractivity contribution in [2.75, 3.05) is 25.6 Å². The van der Waals surface area contributed by atoms with Crippen LogP contribution in [0.5, 0.6) is 11.6 Å². The molecule has 7 rings (SSSR count). The van der Waals surface area contributed by atoms with Crippen LogP contribution in [0.15, 0.2) is 24.5 Å². The molecule has 0 aromatic carbocycles. The van der Waals surface area contributed by atoms with Crippen molar-refractivity contribution in [3.8, 4) is 11.6 Å². The molecule has 0 atom stereocenters. The van der Waals surface area contributed by atoms with Gasteiger partial charge in [0.25, 0.3) is 5.91 Å². The van der Waals surface area contributed by atoms with E-state index in [2.05, 4.69) is 30.6 Å². The van der Waals surface area contributed by atoms with Crippen molar-refractivity contribution >= 4 is 22.8 Å². The van der Waals surface area contributed by atoms with Gasteiger partial charge in [0.2, 0.25) is 5.88 Å². The van der Waals surface area contributed by atoms with E-state index < -0.39 is 0 Å². The Balaban J connectivity index is 0.00000144. The van der Waals surface area contributed by atoms with Gasteiger partial charge in [0.1, 0.15) is 11.6 Å². The van der Waals surface area contributed by atoms with E-state index in [1.807, 2.05) is 13.8 Å². The summed E-state index contributed by atoms with van der Waals surface area (Å²) in [6, 6.07) is 3.53. The van der Waals surface area contributed by atoms with E-state index in [0.717, 1.165) is 25.7 Å². The fraction of sp³-hybridized carbons (Fsp3) is 0.519. The molecule has 3 fully saturated rings. The molecule has 1 aliphatic carbocycles. The lowest BCUT2D eigenvalue weighted by molar-refractivity contribution is -0.165. The molecular weight excluding hydrogens is 491 g/mol. The number of ether oxygens (including phenoxy) is 3. The predicted octanol–water partition coefficient (Wildman–Crippen LogP) is 3.73. The van der Waals surface area contributed by atoms with Crippen LogP contribution in [0.2, 0.25) is 0 Å². The van der Waals surface area contributed by atoms with Crippen LogP contribution in [0.1, 0.15) is 57.3 Å². The molecule has 3 aromatic rings. The molecular formula is C27H33FN6O4. The topological polar surface area (TPSA) is 120 Å². The molecule has 2 N–H and O–H groups in total. The van der Waals surface area contributed by atoms with Crippen molar-refractivity contribution in [2.24, 2.45) is 0 Å². The van der Waals surface area contributed by atoms with Crippen molar-refractivity contribution in [3.63, 3.8) is 0 Å². The Labute approximate surface area is 220 Å². The van der Waals surface area contributed by atoms with Gasteiger partial charge in [-0.15, -0.1) is 0 Å². The van der Waals surface area contributed by atoms with Crippen molar-refractivity contribution in [1.82, 2.24) is 25.3 Å². The molecule has 11 heteroatoms. The first-order valence-electron chi connectivity index (χ1n) is 13.1. The highest BCUT2D eigenvalue weighted by molar-refractivity contribution is 5.94. The zero-order valence-electron chi connectivity index (χ0n) is 22.0. The van der Waals surface area contributed by atoms with Crippen LogP contribution < -0.4 is 20.1 Å². The number of rotatable bonds is 7. The number of halogens is 1. The fourth-order valence-electron chi connectivity index (χ4n) is 5.36. The summed E-state index contributed by atoms with van der Waals surface area (Å²) in [7, 11) is 1.54. The largest absolute Gasteiger partial charge is 0.481 e. The van der Waals surface area contributed by atoms with E-state index in [1.165, 1.54) is 6.20 Å². The highest BCUT2D eigenvalue weighted by atomic mass is 19.1. The fourth-order valence-corrected chi connectivity index (χ4v) is 5.36. The average Bonchev–Trinajstić information content (AvgIpc) is 2.97. The summed E-state index contributed by atoms with van der Waals surface area (Å²) in [6.07, 6.45) is 7.75. The summed E-state index contributed by atoms with van der Waals surface area (Å²) in [5.41, 5.74) is 1.33. The maximum absolute atomic E-state index is 14.8. The molecule has 0 unspecified atom stereocenters. The predicted molar refractivity (Wildman–Crippen MR) is 139 cm³/mol. The van der Waals surface area contributed by atoms with Crippen LogP contribution in [0.4, 0.5) is 10.2 Å². The number of hydrogen-bond donors (Lipinski definition) is 2. The second-order valence-electron chi connectivity index (χ2n) is 9.75. The highest BCUT2D eigenvalue weighted by Gasteiger charge is 2.49. The monoisotopic (exact) mass is 524 g/mol. The van der Waals surface area contributed by atoms with Gasteiger partial charge in [0, 0.05) is 17.2 Å². The van der Waals surface area contributed by atoms with E-state index in [9.17, 15) is 9.18 Å². The molecule has 0 spiro atoms. The van der Waals surface area contributed by atoms with Crippen molar-refractivity contribution in [1.29, 1.82) is 0 Å². The van der Waals surface area contributed by atoms with E-state index in [1.54, 1.807) is 25.4 Å². The lowest BCUT2D eigenvalue weighted by Crippen LogP contribution is -2.61. The molecule has 1 amide bonds. The molecule has 6 heterocycles. The van der Waals surface area contributed by atoms with Crippen LogP contribution in [0.3, 0.4) is 0 Å². The highest BCUT2D eigenvalue weighted by Crippen LogP contribution is 2.46. The number of methoxy groups -OCH3 is 1. The molecule has 38 heavy (non-hydrogen) atoms. The van der Waals surface area contributed by atoms with Gasteiger partial charge in [-0.2, -0.15) is 0 Å². The number of nitrogens with one attached hydrogen (secondary N) is 2. The Morgan fingerprint density at radius 3 is 2.68 bits per heavy atom. The van der Waals surface area contributed by atoms with Crippen LogP contribution in [-0.2, 0) is 22.5 Å². The third-order valence-electron chi connectivity index (χ3n) is 7.60. The van der Waals surface area contributed by atoms with Gasteiger partial charge >= 0.3 is 0 Å². The summed E-state index contributed by atoms with van der Waals surface area (Å²) in [5.74, 6) is 1.33. The second-order valence-corrected chi connectivity index (χ2v) is 9.75. The maximum Gasteiger partial charge on any atom is 0.263 e.